The third kappa shape index (κ3) is 2.25. The Morgan fingerprint density at radius 1 is 1.14 bits per heavy atom. The van der Waals surface area contributed by atoms with Gasteiger partial charge in [0.05, 0.1) is 5.54 Å². The van der Waals surface area contributed by atoms with Crippen LogP contribution in [0.1, 0.15) is 36.6 Å². The van der Waals surface area contributed by atoms with E-state index in [-0.39, 0.29) is 17.4 Å². The first-order chi connectivity index (χ1) is 13.5. The molecule has 3 aromatic rings. The van der Waals surface area contributed by atoms with Crippen LogP contribution in [0.2, 0.25) is 0 Å². The first kappa shape index (κ1) is 17.3. The first-order valence-electron chi connectivity index (χ1n) is 10.0. The number of aryl methyl sites for hydroxylation is 1. The Bertz CT molecular complexity index is 1070. The van der Waals surface area contributed by atoms with Crippen LogP contribution in [0.25, 0.3) is 10.9 Å². The van der Waals surface area contributed by atoms with E-state index in [2.05, 4.69) is 37.0 Å². The number of rotatable bonds is 2. The second-order valence-corrected chi connectivity index (χ2v) is 7.92. The molecule has 2 aromatic carbocycles. The van der Waals surface area contributed by atoms with Gasteiger partial charge in [0.2, 0.25) is 0 Å². The lowest BCUT2D eigenvalue weighted by Gasteiger charge is -2.52. The number of anilines is 1. The number of carbonyl (C=O) groups is 1. The number of hydrogen-bond acceptors (Lipinski definition) is 1. The predicted molar refractivity (Wildman–Crippen MR) is 109 cm³/mol. The van der Waals surface area contributed by atoms with Crippen LogP contribution in [0.3, 0.4) is 0 Å². The van der Waals surface area contributed by atoms with Crippen LogP contribution < -0.4 is 4.90 Å². The van der Waals surface area contributed by atoms with Gasteiger partial charge in [-0.1, -0.05) is 25.1 Å². The summed E-state index contributed by atoms with van der Waals surface area (Å²) >= 11 is 0. The average Bonchev–Trinajstić information content (AvgIpc) is 3.10. The molecule has 2 aliphatic heterocycles. The van der Waals surface area contributed by atoms with Crippen LogP contribution in [0.4, 0.5) is 14.9 Å². The summed E-state index contributed by atoms with van der Waals surface area (Å²) in [4.78, 5) is 21.0. The van der Waals surface area contributed by atoms with Gasteiger partial charge < -0.3 is 9.88 Å². The van der Waals surface area contributed by atoms with Crippen molar-refractivity contribution in [3.8, 4) is 0 Å². The summed E-state index contributed by atoms with van der Waals surface area (Å²) in [5.41, 5.74) is 5.45. The van der Waals surface area contributed by atoms with Crippen molar-refractivity contribution in [1.82, 2.24) is 9.88 Å². The molecule has 0 saturated carbocycles. The van der Waals surface area contributed by atoms with Crippen molar-refractivity contribution >= 4 is 22.6 Å². The van der Waals surface area contributed by atoms with Gasteiger partial charge in [0.1, 0.15) is 5.82 Å². The number of aromatic nitrogens is 1. The lowest BCUT2D eigenvalue weighted by atomic mass is 9.78. The van der Waals surface area contributed by atoms with Crippen molar-refractivity contribution in [2.75, 3.05) is 18.0 Å². The molecular formula is C23H24FN3O. The zero-order valence-electron chi connectivity index (χ0n) is 16.3. The number of para-hydroxylation sites is 1. The average molecular weight is 377 g/mol. The minimum Gasteiger partial charge on any atom is -0.356 e. The fourth-order valence-corrected chi connectivity index (χ4v) is 5.13. The SMILES string of the molecule is CC[C@]12CCN(c3ccc(F)cc3)C(=O)N1CCc1c2[nH]c2c(C)cccc12. The number of nitrogens with one attached hydrogen (secondary N) is 1. The third-order valence-electron chi connectivity index (χ3n) is 6.65. The molecule has 1 N–H and O–H groups in total. The molecule has 0 bridgehead atoms. The molecular weight excluding hydrogens is 353 g/mol. The van der Waals surface area contributed by atoms with Crippen molar-refractivity contribution in [2.24, 2.45) is 0 Å². The summed E-state index contributed by atoms with van der Waals surface area (Å²) in [7, 11) is 0. The van der Waals surface area contributed by atoms with Crippen molar-refractivity contribution in [2.45, 2.75) is 38.6 Å². The molecule has 1 atom stereocenters. The number of nitrogens with zero attached hydrogens (tertiary/aromatic N) is 2. The highest BCUT2D eigenvalue weighted by Crippen LogP contribution is 2.46. The molecule has 0 unspecified atom stereocenters. The molecule has 1 saturated heterocycles. The number of halogens is 1. The quantitative estimate of drug-likeness (QED) is 0.662. The lowest BCUT2D eigenvalue weighted by Crippen LogP contribution is -2.62. The summed E-state index contributed by atoms with van der Waals surface area (Å²) in [6, 6.07) is 12.6. The second kappa shape index (κ2) is 6.09. The Kier molecular flexibility index (Phi) is 3.76. The van der Waals surface area contributed by atoms with Crippen LogP contribution in [0.5, 0.6) is 0 Å². The Morgan fingerprint density at radius 2 is 1.93 bits per heavy atom. The highest BCUT2D eigenvalue weighted by Gasteiger charge is 2.50. The van der Waals surface area contributed by atoms with Gasteiger partial charge in [0.15, 0.2) is 0 Å². The summed E-state index contributed by atoms with van der Waals surface area (Å²) in [6.45, 7) is 5.63. The minimum absolute atomic E-state index is 0.0146. The molecule has 0 radical (unpaired) electrons. The summed E-state index contributed by atoms with van der Waals surface area (Å²) in [5.74, 6) is -0.285. The normalized spacial score (nSPS) is 21.8. The fraction of sp³-hybridized carbons (Fsp3) is 0.348. The largest absolute Gasteiger partial charge is 0.356 e. The van der Waals surface area contributed by atoms with Gasteiger partial charge in [-0.2, -0.15) is 0 Å². The number of benzene rings is 2. The van der Waals surface area contributed by atoms with E-state index in [0.29, 0.717) is 13.1 Å². The Balaban J connectivity index is 1.60. The predicted octanol–water partition coefficient (Wildman–Crippen LogP) is 5.11. The number of carbonyl (C=O) groups excluding carboxylic acids is 1. The highest BCUT2D eigenvalue weighted by atomic mass is 19.1. The van der Waals surface area contributed by atoms with Crippen LogP contribution >= 0.6 is 0 Å². The number of aromatic amines is 1. The van der Waals surface area contributed by atoms with E-state index in [1.165, 1.54) is 39.9 Å². The molecule has 2 aliphatic rings. The van der Waals surface area contributed by atoms with Gasteiger partial charge in [-0.25, -0.2) is 9.18 Å². The highest BCUT2D eigenvalue weighted by molar-refractivity contribution is 5.95. The van der Waals surface area contributed by atoms with Crippen LogP contribution in [-0.4, -0.2) is 29.0 Å². The van der Waals surface area contributed by atoms with E-state index in [9.17, 15) is 9.18 Å². The van der Waals surface area contributed by atoms with Crippen LogP contribution in [0, 0.1) is 12.7 Å². The number of fused-ring (bicyclic) bond motifs is 5. The van der Waals surface area contributed by atoms with E-state index < -0.39 is 0 Å². The maximum Gasteiger partial charge on any atom is 0.325 e. The number of hydrogen-bond donors (Lipinski definition) is 1. The molecule has 4 nitrogen and oxygen atoms in total. The molecule has 0 aliphatic carbocycles. The number of urea groups is 1. The maximum atomic E-state index is 13.4. The van der Waals surface area contributed by atoms with E-state index in [1.807, 2.05) is 4.90 Å². The minimum atomic E-state index is -0.299. The van der Waals surface area contributed by atoms with Gasteiger partial charge in [-0.15, -0.1) is 0 Å². The zero-order valence-corrected chi connectivity index (χ0v) is 16.3. The lowest BCUT2D eigenvalue weighted by molar-refractivity contribution is 0.0760. The van der Waals surface area contributed by atoms with Gasteiger partial charge >= 0.3 is 6.03 Å². The Labute approximate surface area is 163 Å². The molecule has 0 spiro atoms. The fourth-order valence-electron chi connectivity index (χ4n) is 5.13. The second-order valence-electron chi connectivity index (χ2n) is 7.92. The molecule has 144 valence electrons. The molecule has 5 heteroatoms. The van der Waals surface area contributed by atoms with Crippen LogP contribution in [0.15, 0.2) is 42.5 Å². The standard InChI is InChI=1S/C23H24FN3O/c1-3-23-12-14-26(17-9-7-16(24)8-10-17)22(28)27(23)13-11-19-18-6-4-5-15(2)20(18)25-21(19)23/h4-10,25H,3,11-14H2,1-2H3/t23-/m1/s1. The van der Waals surface area contributed by atoms with Crippen molar-refractivity contribution in [1.29, 1.82) is 0 Å². The van der Waals surface area contributed by atoms with Gasteiger partial charge in [0.25, 0.3) is 0 Å². The summed E-state index contributed by atoms with van der Waals surface area (Å²) < 4.78 is 13.3. The maximum absolute atomic E-state index is 13.4. The number of amides is 2. The Hall–Kier alpha value is -2.82. The van der Waals surface area contributed by atoms with Crippen molar-refractivity contribution in [3.63, 3.8) is 0 Å². The van der Waals surface area contributed by atoms with Gasteiger partial charge in [-0.05, 0) is 61.6 Å². The molecule has 3 heterocycles. The molecule has 5 rings (SSSR count). The Morgan fingerprint density at radius 3 is 2.68 bits per heavy atom. The smallest absolute Gasteiger partial charge is 0.325 e. The summed E-state index contributed by atoms with van der Waals surface area (Å²) in [6.07, 6.45) is 2.57. The first-order valence-corrected chi connectivity index (χ1v) is 10.0. The third-order valence-corrected chi connectivity index (χ3v) is 6.65. The molecule has 1 fully saturated rings. The molecule has 1 aromatic heterocycles. The molecule has 2 amide bonds. The topological polar surface area (TPSA) is 39.3 Å². The zero-order chi connectivity index (χ0) is 19.5. The van der Waals surface area contributed by atoms with Crippen molar-refractivity contribution < 1.29 is 9.18 Å². The van der Waals surface area contributed by atoms with Crippen LogP contribution in [-0.2, 0) is 12.0 Å². The van der Waals surface area contributed by atoms with E-state index in [4.69, 9.17) is 0 Å². The number of H-pyrrole nitrogens is 1. The van der Waals surface area contributed by atoms with E-state index in [1.54, 1.807) is 17.0 Å². The summed E-state index contributed by atoms with van der Waals surface area (Å²) in [5, 5.41) is 1.29. The van der Waals surface area contributed by atoms with E-state index >= 15 is 0 Å². The van der Waals surface area contributed by atoms with Gasteiger partial charge in [0, 0.05) is 35.4 Å². The molecule has 28 heavy (non-hydrogen) atoms. The van der Waals surface area contributed by atoms with E-state index in [0.717, 1.165) is 24.9 Å². The van der Waals surface area contributed by atoms with Crippen molar-refractivity contribution in [3.05, 3.63) is 65.1 Å². The monoisotopic (exact) mass is 377 g/mol. The van der Waals surface area contributed by atoms with Gasteiger partial charge in [-0.3, -0.25) is 4.90 Å².